The van der Waals surface area contributed by atoms with Crippen molar-refractivity contribution in [1.29, 1.82) is 0 Å². The van der Waals surface area contributed by atoms with Crippen LogP contribution in [0.25, 0.3) is 0 Å². The predicted octanol–water partition coefficient (Wildman–Crippen LogP) is 2.45. The number of aryl methyl sites for hydroxylation is 1. The summed E-state index contributed by atoms with van der Waals surface area (Å²) >= 11 is 3.17. The number of nitrogens with one attached hydrogen (secondary N) is 1. The summed E-state index contributed by atoms with van der Waals surface area (Å²) < 4.78 is 28.3. The van der Waals surface area contributed by atoms with Crippen molar-refractivity contribution in [3.63, 3.8) is 0 Å². The van der Waals surface area contributed by atoms with Crippen LogP contribution in [0.5, 0.6) is 0 Å². The number of primary sulfonamides is 1. The summed E-state index contributed by atoms with van der Waals surface area (Å²) in [7, 11) is -3.96. The molecule has 0 bridgehead atoms. The molecule has 0 saturated heterocycles. The Bertz CT molecular complexity index is 1020. The summed E-state index contributed by atoms with van der Waals surface area (Å²) in [6, 6.07) is 11.6. The number of amides is 1. The molecule has 0 aromatic heterocycles. The molecule has 1 aliphatic carbocycles. The van der Waals surface area contributed by atoms with Crippen LogP contribution in [0.2, 0.25) is 0 Å². The molecule has 1 amide bonds. The number of rotatable bonds is 5. The number of hydrogen-bond donors (Lipinski definition) is 2. The van der Waals surface area contributed by atoms with Crippen LogP contribution in [0.3, 0.4) is 0 Å². The van der Waals surface area contributed by atoms with Gasteiger partial charge in [-0.1, -0.05) is 24.3 Å². The van der Waals surface area contributed by atoms with Crippen LogP contribution in [0.4, 0.5) is 0 Å². The zero-order valence-corrected chi connectivity index (χ0v) is 17.3. The molecule has 148 valence electrons. The standard InChI is InChI=1S/C19H19BrN2O5S/c20-16-9-8-13(28(21,25)26)10-15(16)19(24)27-11-18(23)22-17-7-3-5-12-4-1-2-6-14(12)17/h1-2,4,6,8-10,17H,3,5,7,11H2,(H,22,23)(H2,21,25,26). The molecule has 28 heavy (non-hydrogen) atoms. The molecule has 2 aromatic carbocycles. The van der Waals surface area contributed by atoms with Gasteiger partial charge in [0.25, 0.3) is 5.91 Å². The Hall–Kier alpha value is -2.23. The molecular weight excluding hydrogens is 448 g/mol. The van der Waals surface area contributed by atoms with E-state index < -0.39 is 28.5 Å². The fourth-order valence-corrected chi connectivity index (χ4v) is 4.13. The molecule has 7 nitrogen and oxygen atoms in total. The van der Waals surface area contributed by atoms with Crippen LogP contribution >= 0.6 is 15.9 Å². The number of sulfonamides is 1. The Morgan fingerprint density at radius 3 is 2.71 bits per heavy atom. The lowest BCUT2D eigenvalue weighted by Crippen LogP contribution is -2.34. The number of esters is 1. The number of hydrogen-bond acceptors (Lipinski definition) is 5. The monoisotopic (exact) mass is 466 g/mol. The van der Waals surface area contributed by atoms with E-state index in [1.807, 2.05) is 24.3 Å². The van der Waals surface area contributed by atoms with Gasteiger partial charge in [0.1, 0.15) is 0 Å². The van der Waals surface area contributed by atoms with Crippen LogP contribution in [0, 0.1) is 0 Å². The third-order valence-corrected chi connectivity index (χ3v) is 6.13. The maximum atomic E-state index is 12.3. The molecule has 1 unspecified atom stereocenters. The lowest BCUT2D eigenvalue weighted by molar-refractivity contribution is -0.125. The fraction of sp³-hybridized carbons (Fsp3) is 0.263. The second kappa shape index (κ2) is 8.42. The molecule has 0 heterocycles. The second-order valence-corrected chi connectivity index (χ2v) is 8.89. The molecule has 2 aromatic rings. The number of carbonyl (C=O) groups excluding carboxylic acids is 2. The van der Waals surface area contributed by atoms with Crippen molar-refractivity contribution >= 4 is 37.8 Å². The van der Waals surface area contributed by atoms with Crippen LogP contribution in [-0.4, -0.2) is 26.9 Å². The number of fused-ring (bicyclic) bond motifs is 1. The molecule has 0 fully saturated rings. The number of nitrogens with two attached hydrogens (primary N) is 1. The first-order valence-corrected chi connectivity index (χ1v) is 11.0. The minimum atomic E-state index is -3.96. The normalized spacial score (nSPS) is 16.1. The van der Waals surface area contributed by atoms with Gasteiger partial charge in [-0.2, -0.15) is 0 Å². The molecule has 0 radical (unpaired) electrons. The highest BCUT2D eigenvalue weighted by molar-refractivity contribution is 9.10. The summed E-state index contributed by atoms with van der Waals surface area (Å²) in [5.74, 6) is -1.25. The average molecular weight is 467 g/mol. The highest BCUT2D eigenvalue weighted by Gasteiger charge is 2.22. The van der Waals surface area contributed by atoms with E-state index in [1.165, 1.54) is 17.7 Å². The number of ether oxygens (including phenoxy) is 1. The topological polar surface area (TPSA) is 116 Å². The van der Waals surface area contributed by atoms with Crippen LogP contribution < -0.4 is 10.5 Å². The van der Waals surface area contributed by atoms with Crippen molar-refractivity contribution in [2.45, 2.75) is 30.2 Å². The van der Waals surface area contributed by atoms with Gasteiger partial charge < -0.3 is 10.1 Å². The molecule has 1 aliphatic rings. The van der Waals surface area contributed by atoms with Crippen molar-refractivity contribution in [2.24, 2.45) is 5.14 Å². The highest BCUT2D eigenvalue weighted by atomic mass is 79.9. The zero-order valence-electron chi connectivity index (χ0n) is 14.9. The highest BCUT2D eigenvalue weighted by Crippen LogP contribution is 2.29. The van der Waals surface area contributed by atoms with Gasteiger partial charge in [0.05, 0.1) is 16.5 Å². The van der Waals surface area contributed by atoms with Crippen molar-refractivity contribution in [1.82, 2.24) is 5.32 Å². The number of halogens is 1. The summed E-state index contributed by atoms with van der Waals surface area (Å²) in [6.45, 7) is -0.469. The quantitative estimate of drug-likeness (QED) is 0.656. The van der Waals surface area contributed by atoms with E-state index in [-0.39, 0.29) is 16.5 Å². The molecule has 3 rings (SSSR count). The van der Waals surface area contributed by atoms with Crippen molar-refractivity contribution < 1.29 is 22.7 Å². The Balaban J connectivity index is 1.64. The third-order valence-electron chi connectivity index (χ3n) is 4.53. The Morgan fingerprint density at radius 1 is 1.21 bits per heavy atom. The summed E-state index contributed by atoms with van der Waals surface area (Å²) in [6.07, 6.45) is 2.76. The maximum absolute atomic E-state index is 12.3. The van der Waals surface area contributed by atoms with E-state index in [2.05, 4.69) is 21.2 Å². The summed E-state index contributed by atoms with van der Waals surface area (Å²) in [4.78, 5) is 24.3. The van der Waals surface area contributed by atoms with E-state index in [4.69, 9.17) is 9.88 Å². The molecule has 9 heteroatoms. The Morgan fingerprint density at radius 2 is 1.96 bits per heavy atom. The van der Waals surface area contributed by atoms with Gasteiger partial charge in [-0.05, 0) is 64.5 Å². The van der Waals surface area contributed by atoms with Gasteiger partial charge >= 0.3 is 5.97 Å². The van der Waals surface area contributed by atoms with E-state index in [0.29, 0.717) is 4.47 Å². The van der Waals surface area contributed by atoms with E-state index >= 15 is 0 Å². The number of benzene rings is 2. The molecule has 0 saturated carbocycles. The SMILES string of the molecule is NS(=O)(=O)c1ccc(Br)c(C(=O)OCC(=O)NC2CCCc3ccccc32)c1. The molecule has 0 spiro atoms. The van der Waals surface area contributed by atoms with Gasteiger partial charge in [0.15, 0.2) is 6.61 Å². The van der Waals surface area contributed by atoms with Gasteiger partial charge in [-0.3, -0.25) is 4.79 Å². The summed E-state index contributed by atoms with van der Waals surface area (Å²) in [5.41, 5.74) is 2.26. The first-order chi connectivity index (χ1) is 13.3. The third kappa shape index (κ3) is 4.78. The Kier molecular flexibility index (Phi) is 6.17. The lowest BCUT2D eigenvalue weighted by Gasteiger charge is -2.26. The minimum Gasteiger partial charge on any atom is -0.452 e. The van der Waals surface area contributed by atoms with Crippen LogP contribution in [-0.2, 0) is 26.0 Å². The first-order valence-electron chi connectivity index (χ1n) is 8.62. The fourth-order valence-electron chi connectivity index (χ4n) is 3.19. The Labute approximate surface area is 171 Å². The zero-order chi connectivity index (χ0) is 20.3. The molecular formula is C19H19BrN2O5S. The lowest BCUT2D eigenvalue weighted by atomic mass is 9.88. The van der Waals surface area contributed by atoms with E-state index in [1.54, 1.807) is 0 Å². The van der Waals surface area contributed by atoms with Gasteiger partial charge in [-0.25, -0.2) is 18.4 Å². The molecule has 0 aliphatic heterocycles. The first kappa shape index (κ1) is 20.5. The van der Waals surface area contributed by atoms with Gasteiger partial charge in [0.2, 0.25) is 10.0 Å². The van der Waals surface area contributed by atoms with Gasteiger partial charge in [0, 0.05) is 4.47 Å². The van der Waals surface area contributed by atoms with Gasteiger partial charge in [-0.15, -0.1) is 0 Å². The van der Waals surface area contributed by atoms with Crippen LogP contribution in [0.1, 0.15) is 40.4 Å². The number of carbonyl (C=O) groups is 2. The second-order valence-electron chi connectivity index (χ2n) is 6.47. The van der Waals surface area contributed by atoms with Crippen molar-refractivity contribution in [3.05, 3.63) is 63.6 Å². The average Bonchev–Trinajstić information content (AvgIpc) is 2.66. The van der Waals surface area contributed by atoms with Crippen LogP contribution in [0.15, 0.2) is 51.8 Å². The minimum absolute atomic E-state index is 0.0256. The van der Waals surface area contributed by atoms with Crippen molar-refractivity contribution in [2.75, 3.05) is 6.61 Å². The van der Waals surface area contributed by atoms with Crippen molar-refractivity contribution in [3.8, 4) is 0 Å². The summed E-state index contributed by atoms with van der Waals surface area (Å²) in [5, 5.41) is 7.97. The largest absolute Gasteiger partial charge is 0.452 e. The van der Waals surface area contributed by atoms with E-state index in [0.717, 1.165) is 30.9 Å². The smallest absolute Gasteiger partial charge is 0.339 e. The predicted molar refractivity (Wildman–Crippen MR) is 106 cm³/mol. The van der Waals surface area contributed by atoms with E-state index in [9.17, 15) is 18.0 Å². The molecule has 3 N–H and O–H groups in total. The maximum Gasteiger partial charge on any atom is 0.339 e. The molecule has 1 atom stereocenters.